The summed E-state index contributed by atoms with van der Waals surface area (Å²) in [5, 5.41) is 11.1. The van der Waals surface area contributed by atoms with E-state index < -0.39 is 11.8 Å². The number of nitrogens with zero attached hydrogens (tertiary/aromatic N) is 2. The van der Waals surface area contributed by atoms with Crippen molar-refractivity contribution >= 4 is 52.7 Å². The van der Waals surface area contributed by atoms with Crippen molar-refractivity contribution in [3.05, 3.63) is 109 Å². The zero-order valence-electron chi connectivity index (χ0n) is 20.4. The van der Waals surface area contributed by atoms with Gasteiger partial charge in [0.25, 0.3) is 11.8 Å². The van der Waals surface area contributed by atoms with Crippen LogP contribution in [0.5, 0.6) is 11.5 Å². The lowest BCUT2D eigenvalue weighted by molar-refractivity contribution is -0.141. The number of nitriles is 1. The van der Waals surface area contributed by atoms with Crippen molar-refractivity contribution in [2.75, 3.05) is 7.11 Å². The number of amides is 2. The summed E-state index contributed by atoms with van der Waals surface area (Å²) in [5.41, 5.74) is 2.38. The van der Waals surface area contributed by atoms with Gasteiger partial charge in [-0.15, -0.1) is 0 Å². The SMILES string of the molecule is COc1cc(/C=C2/C(=O)N(Cc3ccccc3Cl)C(=O)C(C#N)=C2C)ccc1OCc1ccc(Cl)cc1Cl. The molecule has 1 aliphatic heterocycles. The van der Waals surface area contributed by atoms with E-state index in [2.05, 4.69) is 0 Å². The first-order chi connectivity index (χ1) is 18.2. The van der Waals surface area contributed by atoms with Gasteiger partial charge in [-0.05, 0) is 60.0 Å². The van der Waals surface area contributed by atoms with Gasteiger partial charge in [0.15, 0.2) is 11.5 Å². The Kier molecular flexibility index (Phi) is 8.43. The molecule has 4 rings (SSSR count). The number of hydrogen-bond donors (Lipinski definition) is 0. The van der Waals surface area contributed by atoms with Crippen LogP contribution in [-0.2, 0) is 22.7 Å². The molecule has 0 radical (unpaired) electrons. The van der Waals surface area contributed by atoms with Crippen molar-refractivity contribution in [3.63, 3.8) is 0 Å². The van der Waals surface area contributed by atoms with E-state index in [0.29, 0.717) is 43.3 Å². The van der Waals surface area contributed by atoms with E-state index in [4.69, 9.17) is 44.3 Å². The molecule has 0 saturated carbocycles. The summed E-state index contributed by atoms with van der Waals surface area (Å²) in [5.74, 6) is -0.285. The summed E-state index contributed by atoms with van der Waals surface area (Å²) in [6.45, 7) is 1.71. The molecule has 2 amide bonds. The molecule has 3 aromatic carbocycles. The van der Waals surface area contributed by atoms with Gasteiger partial charge in [-0.2, -0.15) is 5.26 Å². The van der Waals surface area contributed by atoms with Crippen LogP contribution in [0, 0.1) is 11.3 Å². The maximum absolute atomic E-state index is 13.4. The first kappa shape index (κ1) is 27.3. The summed E-state index contributed by atoms with van der Waals surface area (Å²) in [7, 11) is 1.50. The second-order valence-electron chi connectivity index (χ2n) is 8.39. The van der Waals surface area contributed by atoms with Crippen LogP contribution >= 0.6 is 34.8 Å². The molecule has 38 heavy (non-hydrogen) atoms. The Labute approximate surface area is 235 Å². The van der Waals surface area contributed by atoms with Crippen LogP contribution in [0.1, 0.15) is 23.6 Å². The summed E-state index contributed by atoms with van der Waals surface area (Å²) in [6.07, 6.45) is 1.61. The Morgan fingerprint density at radius 2 is 1.68 bits per heavy atom. The molecule has 0 bridgehead atoms. The van der Waals surface area contributed by atoms with Gasteiger partial charge in [-0.3, -0.25) is 14.5 Å². The van der Waals surface area contributed by atoms with Crippen LogP contribution in [0.15, 0.2) is 77.4 Å². The van der Waals surface area contributed by atoms with Crippen LogP contribution in [0.2, 0.25) is 15.1 Å². The van der Waals surface area contributed by atoms with Crippen molar-refractivity contribution in [2.45, 2.75) is 20.1 Å². The smallest absolute Gasteiger partial charge is 0.271 e. The van der Waals surface area contributed by atoms with E-state index in [1.165, 1.54) is 7.11 Å². The molecule has 1 aliphatic rings. The fourth-order valence-electron chi connectivity index (χ4n) is 3.92. The summed E-state index contributed by atoms with van der Waals surface area (Å²) < 4.78 is 11.4. The molecule has 0 N–H and O–H groups in total. The molecule has 6 nitrogen and oxygen atoms in total. The second kappa shape index (κ2) is 11.7. The monoisotopic (exact) mass is 566 g/mol. The van der Waals surface area contributed by atoms with Crippen LogP contribution in [0.4, 0.5) is 0 Å². The lowest BCUT2D eigenvalue weighted by Crippen LogP contribution is -2.42. The molecule has 0 aromatic heterocycles. The Bertz CT molecular complexity index is 1540. The van der Waals surface area contributed by atoms with Crippen LogP contribution in [0.3, 0.4) is 0 Å². The average molecular weight is 568 g/mol. The van der Waals surface area contributed by atoms with Gasteiger partial charge >= 0.3 is 0 Å². The highest BCUT2D eigenvalue weighted by molar-refractivity contribution is 6.35. The van der Waals surface area contributed by atoms with Crippen LogP contribution < -0.4 is 9.47 Å². The van der Waals surface area contributed by atoms with Gasteiger partial charge in [0.05, 0.1) is 13.7 Å². The third kappa shape index (κ3) is 5.71. The van der Waals surface area contributed by atoms with E-state index >= 15 is 0 Å². The zero-order chi connectivity index (χ0) is 27.4. The predicted octanol–water partition coefficient (Wildman–Crippen LogP) is 7.03. The summed E-state index contributed by atoms with van der Waals surface area (Å²) >= 11 is 18.4. The second-order valence-corrected chi connectivity index (χ2v) is 9.64. The maximum Gasteiger partial charge on any atom is 0.271 e. The molecule has 1 heterocycles. The number of carbonyl (C=O) groups is 2. The molecule has 9 heteroatoms. The predicted molar refractivity (Wildman–Crippen MR) is 147 cm³/mol. The Morgan fingerprint density at radius 3 is 2.37 bits per heavy atom. The normalized spacial score (nSPS) is 14.6. The van der Waals surface area contributed by atoms with Gasteiger partial charge in [-0.1, -0.05) is 65.1 Å². The molecule has 0 spiro atoms. The topological polar surface area (TPSA) is 79.6 Å². The lowest BCUT2D eigenvalue weighted by atomic mass is 9.93. The highest BCUT2D eigenvalue weighted by Crippen LogP contribution is 2.33. The molecule has 3 aromatic rings. The Morgan fingerprint density at radius 1 is 0.921 bits per heavy atom. The summed E-state index contributed by atoms with van der Waals surface area (Å²) in [6, 6.07) is 19.2. The third-order valence-electron chi connectivity index (χ3n) is 6.01. The minimum absolute atomic E-state index is 0.0590. The Balaban J connectivity index is 1.64. The number of rotatable bonds is 7. The van der Waals surface area contributed by atoms with Gasteiger partial charge in [0.1, 0.15) is 18.2 Å². The number of methoxy groups -OCH3 is 1. The first-order valence-electron chi connectivity index (χ1n) is 11.4. The minimum atomic E-state index is -0.658. The lowest BCUT2D eigenvalue weighted by Gasteiger charge is -2.27. The van der Waals surface area contributed by atoms with Gasteiger partial charge in [0, 0.05) is 26.2 Å². The quantitative estimate of drug-likeness (QED) is 0.226. The first-order valence-corrected chi connectivity index (χ1v) is 12.5. The molecule has 0 unspecified atom stereocenters. The van der Waals surface area contributed by atoms with E-state index in [0.717, 1.165) is 10.5 Å². The molecular formula is C29H21Cl3N2O4. The van der Waals surface area contributed by atoms with Crippen molar-refractivity contribution in [2.24, 2.45) is 0 Å². The van der Waals surface area contributed by atoms with E-state index in [9.17, 15) is 14.9 Å². The molecule has 0 atom stereocenters. The zero-order valence-corrected chi connectivity index (χ0v) is 22.7. The highest BCUT2D eigenvalue weighted by atomic mass is 35.5. The van der Waals surface area contributed by atoms with E-state index in [1.54, 1.807) is 73.7 Å². The standard InChI is InChI=1S/C29H21Cl3N2O4/c1-17-22(28(35)34(29(36)23(17)14-33)15-19-5-3-4-6-24(19)31)11-18-7-10-26(27(12-18)37-2)38-16-20-8-9-21(30)13-25(20)32/h3-13H,15-16H2,1-2H3/b22-11+. The number of ether oxygens (including phenoxy) is 2. The minimum Gasteiger partial charge on any atom is -0.493 e. The average Bonchev–Trinajstić information content (AvgIpc) is 2.90. The van der Waals surface area contributed by atoms with E-state index in [1.807, 2.05) is 6.07 Å². The van der Waals surface area contributed by atoms with E-state index in [-0.39, 0.29) is 24.3 Å². The van der Waals surface area contributed by atoms with Crippen molar-refractivity contribution in [1.29, 1.82) is 5.26 Å². The van der Waals surface area contributed by atoms with Gasteiger partial charge in [0.2, 0.25) is 0 Å². The molecule has 0 fully saturated rings. The molecular weight excluding hydrogens is 547 g/mol. The number of hydrogen-bond acceptors (Lipinski definition) is 5. The number of carbonyl (C=O) groups excluding carboxylic acids is 2. The fourth-order valence-corrected chi connectivity index (χ4v) is 4.58. The number of halogens is 3. The van der Waals surface area contributed by atoms with Crippen molar-refractivity contribution < 1.29 is 19.1 Å². The van der Waals surface area contributed by atoms with Crippen molar-refractivity contribution in [1.82, 2.24) is 4.90 Å². The molecule has 0 aliphatic carbocycles. The molecule has 0 saturated heterocycles. The largest absolute Gasteiger partial charge is 0.493 e. The van der Waals surface area contributed by atoms with Gasteiger partial charge < -0.3 is 9.47 Å². The van der Waals surface area contributed by atoms with Crippen molar-refractivity contribution in [3.8, 4) is 17.6 Å². The number of benzene rings is 3. The van der Waals surface area contributed by atoms with Gasteiger partial charge in [-0.25, -0.2) is 0 Å². The third-order valence-corrected chi connectivity index (χ3v) is 6.96. The van der Waals surface area contributed by atoms with Crippen LogP contribution in [0.25, 0.3) is 6.08 Å². The Hall–Kier alpha value is -3.76. The maximum atomic E-state index is 13.4. The summed E-state index contributed by atoms with van der Waals surface area (Å²) in [4.78, 5) is 27.4. The highest BCUT2D eigenvalue weighted by Gasteiger charge is 2.35. The fraction of sp³-hybridized carbons (Fsp3) is 0.138. The van der Waals surface area contributed by atoms with Crippen LogP contribution in [-0.4, -0.2) is 23.8 Å². The molecule has 192 valence electrons. The number of imide groups is 1.